The lowest BCUT2D eigenvalue weighted by molar-refractivity contribution is 0.175. The van der Waals surface area contributed by atoms with Crippen LogP contribution >= 0.6 is 0 Å². The Bertz CT molecular complexity index is 463. The number of piperidine rings is 1. The van der Waals surface area contributed by atoms with Crippen LogP contribution < -0.4 is 5.32 Å². The SMILES string of the molecule is Cc1ccc(C)c(CN2CCCC(NC3CCCC3)C2)c1. The summed E-state index contributed by atoms with van der Waals surface area (Å²) < 4.78 is 0. The molecule has 2 aliphatic rings. The van der Waals surface area contributed by atoms with E-state index in [9.17, 15) is 0 Å². The van der Waals surface area contributed by atoms with Crippen molar-refractivity contribution in [1.82, 2.24) is 10.2 Å². The van der Waals surface area contributed by atoms with Crippen LogP contribution in [0.25, 0.3) is 0 Å². The molecule has 0 aromatic heterocycles. The van der Waals surface area contributed by atoms with Gasteiger partial charge in [-0.05, 0) is 57.2 Å². The summed E-state index contributed by atoms with van der Waals surface area (Å²) >= 11 is 0. The van der Waals surface area contributed by atoms with Crippen molar-refractivity contribution in [2.24, 2.45) is 0 Å². The van der Waals surface area contributed by atoms with E-state index in [4.69, 9.17) is 0 Å². The zero-order valence-electron chi connectivity index (χ0n) is 13.7. The highest BCUT2D eigenvalue weighted by Crippen LogP contribution is 2.21. The van der Waals surface area contributed by atoms with Gasteiger partial charge in [0.15, 0.2) is 0 Å². The fraction of sp³-hybridized carbons (Fsp3) is 0.684. The number of benzene rings is 1. The van der Waals surface area contributed by atoms with Crippen LogP contribution in [0.5, 0.6) is 0 Å². The lowest BCUT2D eigenvalue weighted by atomic mass is 10.0. The molecule has 2 nitrogen and oxygen atoms in total. The minimum absolute atomic E-state index is 0.715. The molecule has 3 rings (SSSR count). The maximum absolute atomic E-state index is 3.92. The maximum atomic E-state index is 3.92. The molecule has 1 aromatic carbocycles. The van der Waals surface area contributed by atoms with E-state index in [0.717, 1.165) is 12.6 Å². The molecule has 1 saturated heterocycles. The molecule has 1 atom stereocenters. The van der Waals surface area contributed by atoms with Crippen molar-refractivity contribution in [1.29, 1.82) is 0 Å². The number of hydrogen-bond acceptors (Lipinski definition) is 2. The van der Waals surface area contributed by atoms with E-state index in [2.05, 4.69) is 42.3 Å². The Kier molecular flexibility index (Phi) is 4.97. The second-order valence-electron chi connectivity index (χ2n) is 7.15. The maximum Gasteiger partial charge on any atom is 0.0237 e. The summed E-state index contributed by atoms with van der Waals surface area (Å²) in [5, 5.41) is 3.92. The average Bonchev–Trinajstić information content (AvgIpc) is 2.96. The van der Waals surface area contributed by atoms with Crippen LogP contribution in [0.1, 0.15) is 55.2 Å². The van der Waals surface area contributed by atoms with Crippen LogP contribution in [0, 0.1) is 13.8 Å². The van der Waals surface area contributed by atoms with Crippen LogP contribution in [0.2, 0.25) is 0 Å². The van der Waals surface area contributed by atoms with E-state index in [1.54, 1.807) is 0 Å². The predicted molar refractivity (Wildman–Crippen MR) is 89.6 cm³/mol. The lowest BCUT2D eigenvalue weighted by Crippen LogP contribution is -2.48. The highest BCUT2D eigenvalue weighted by Gasteiger charge is 2.24. The molecule has 0 spiro atoms. The van der Waals surface area contributed by atoms with Gasteiger partial charge in [-0.15, -0.1) is 0 Å². The van der Waals surface area contributed by atoms with Gasteiger partial charge in [0.2, 0.25) is 0 Å². The van der Waals surface area contributed by atoms with E-state index >= 15 is 0 Å². The van der Waals surface area contributed by atoms with Gasteiger partial charge in [-0.2, -0.15) is 0 Å². The van der Waals surface area contributed by atoms with Gasteiger partial charge in [-0.1, -0.05) is 36.6 Å². The second kappa shape index (κ2) is 6.93. The number of likely N-dealkylation sites (tertiary alicyclic amines) is 1. The third-order valence-electron chi connectivity index (χ3n) is 5.23. The molecule has 0 amide bonds. The van der Waals surface area contributed by atoms with E-state index in [1.165, 1.54) is 68.3 Å². The fourth-order valence-corrected chi connectivity index (χ4v) is 3.97. The Labute approximate surface area is 129 Å². The summed E-state index contributed by atoms with van der Waals surface area (Å²) in [7, 11) is 0. The van der Waals surface area contributed by atoms with Gasteiger partial charge < -0.3 is 5.32 Å². The third kappa shape index (κ3) is 4.08. The van der Waals surface area contributed by atoms with Gasteiger partial charge in [0, 0.05) is 25.2 Å². The summed E-state index contributed by atoms with van der Waals surface area (Å²) in [5.74, 6) is 0. The molecule has 1 aliphatic heterocycles. The summed E-state index contributed by atoms with van der Waals surface area (Å²) in [6, 6.07) is 8.37. The zero-order chi connectivity index (χ0) is 14.7. The summed E-state index contributed by atoms with van der Waals surface area (Å²) in [6.45, 7) is 8.05. The number of aryl methyl sites for hydroxylation is 2. The van der Waals surface area contributed by atoms with E-state index in [-0.39, 0.29) is 0 Å². The highest BCUT2D eigenvalue weighted by atomic mass is 15.2. The number of nitrogens with one attached hydrogen (secondary N) is 1. The monoisotopic (exact) mass is 286 g/mol. The quantitative estimate of drug-likeness (QED) is 0.905. The smallest absolute Gasteiger partial charge is 0.0237 e. The van der Waals surface area contributed by atoms with Crippen LogP contribution in [0.15, 0.2) is 18.2 Å². The first-order chi connectivity index (χ1) is 10.2. The molecule has 1 saturated carbocycles. The molecule has 2 heteroatoms. The minimum Gasteiger partial charge on any atom is -0.310 e. The van der Waals surface area contributed by atoms with Crippen molar-refractivity contribution in [3.8, 4) is 0 Å². The number of rotatable bonds is 4. The van der Waals surface area contributed by atoms with E-state index in [0.29, 0.717) is 6.04 Å². The largest absolute Gasteiger partial charge is 0.310 e. The second-order valence-corrected chi connectivity index (χ2v) is 7.15. The van der Waals surface area contributed by atoms with Gasteiger partial charge in [0.05, 0.1) is 0 Å². The Balaban J connectivity index is 1.56. The predicted octanol–water partition coefficient (Wildman–Crippen LogP) is 3.80. The van der Waals surface area contributed by atoms with Crippen LogP contribution in [-0.2, 0) is 6.54 Å². The van der Waals surface area contributed by atoms with Crippen molar-refractivity contribution >= 4 is 0 Å². The van der Waals surface area contributed by atoms with Crippen LogP contribution in [-0.4, -0.2) is 30.1 Å². The summed E-state index contributed by atoms with van der Waals surface area (Å²) in [5.41, 5.74) is 4.33. The van der Waals surface area contributed by atoms with Gasteiger partial charge in [-0.25, -0.2) is 0 Å². The number of nitrogens with zero attached hydrogens (tertiary/aromatic N) is 1. The van der Waals surface area contributed by atoms with Crippen molar-refractivity contribution in [2.45, 2.75) is 71.0 Å². The van der Waals surface area contributed by atoms with Gasteiger partial charge in [0.25, 0.3) is 0 Å². The first-order valence-electron chi connectivity index (χ1n) is 8.75. The Morgan fingerprint density at radius 2 is 1.81 bits per heavy atom. The molecule has 0 bridgehead atoms. The normalized spacial score (nSPS) is 24.6. The van der Waals surface area contributed by atoms with E-state index < -0.39 is 0 Å². The zero-order valence-corrected chi connectivity index (χ0v) is 13.7. The van der Waals surface area contributed by atoms with Crippen molar-refractivity contribution in [3.63, 3.8) is 0 Å². The Hall–Kier alpha value is -0.860. The summed E-state index contributed by atoms with van der Waals surface area (Å²) in [6.07, 6.45) is 8.35. The summed E-state index contributed by atoms with van der Waals surface area (Å²) in [4.78, 5) is 2.65. The lowest BCUT2D eigenvalue weighted by Gasteiger charge is -2.35. The molecule has 1 heterocycles. The highest BCUT2D eigenvalue weighted by molar-refractivity contribution is 5.30. The van der Waals surface area contributed by atoms with Crippen molar-refractivity contribution in [2.75, 3.05) is 13.1 Å². The molecular weight excluding hydrogens is 256 g/mol. The molecule has 1 aliphatic carbocycles. The first kappa shape index (κ1) is 15.1. The Morgan fingerprint density at radius 3 is 2.62 bits per heavy atom. The molecule has 1 N–H and O–H groups in total. The average molecular weight is 286 g/mol. The standard InChI is InChI=1S/C19H30N2/c1-15-9-10-16(2)17(12-15)13-21-11-5-8-19(14-21)20-18-6-3-4-7-18/h9-10,12,18-20H,3-8,11,13-14H2,1-2H3. The van der Waals surface area contributed by atoms with Crippen molar-refractivity contribution in [3.05, 3.63) is 34.9 Å². The van der Waals surface area contributed by atoms with Gasteiger partial charge >= 0.3 is 0 Å². The Morgan fingerprint density at radius 1 is 1.05 bits per heavy atom. The van der Waals surface area contributed by atoms with Gasteiger partial charge in [0.1, 0.15) is 0 Å². The third-order valence-corrected chi connectivity index (χ3v) is 5.23. The topological polar surface area (TPSA) is 15.3 Å². The molecule has 116 valence electrons. The van der Waals surface area contributed by atoms with Crippen molar-refractivity contribution < 1.29 is 0 Å². The van der Waals surface area contributed by atoms with Crippen LogP contribution in [0.4, 0.5) is 0 Å². The van der Waals surface area contributed by atoms with Crippen LogP contribution in [0.3, 0.4) is 0 Å². The number of hydrogen-bond donors (Lipinski definition) is 1. The molecular formula is C19H30N2. The minimum atomic E-state index is 0.715. The van der Waals surface area contributed by atoms with Gasteiger partial charge in [-0.3, -0.25) is 4.90 Å². The molecule has 21 heavy (non-hydrogen) atoms. The molecule has 1 aromatic rings. The molecule has 0 radical (unpaired) electrons. The van der Waals surface area contributed by atoms with E-state index in [1.807, 2.05) is 0 Å². The fourth-order valence-electron chi connectivity index (χ4n) is 3.97. The molecule has 1 unspecified atom stereocenters. The first-order valence-corrected chi connectivity index (χ1v) is 8.75. The molecule has 2 fully saturated rings.